The van der Waals surface area contributed by atoms with E-state index < -0.39 is 0 Å². The molecule has 1 unspecified atom stereocenters. The van der Waals surface area contributed by atoms with Gasteiger partial charge in [0.15, 0.2) is 0 Å². The summed E-state index contributed by atoms with van der Waals surface area (Å²) < 4.78 is 7.66. The maximum absolute atomic E-state index is 8.88. The van der Waals surface area contributed by atoms with Crippen molar-refractivity contribution in [2.45, 2.75) is 25.8 Å². The maximum atomic E-state index is 8.88. The van der Waals surface area contributed by atoms with Crippen molar-refractivity contribution in [1.82, 2.24) is 9.55 Å². The molecule has 3 aromatic rings. The van der Waals surface area contributed by atoms with Crippen LogP contribution in [0.2, 0.25) is 0 Å². The van der Waals surface area contributed by atoms with E-state index in [0.717, 1.165) is 34.5 Å². The summed E-state index contributed by atoms with van der Waals surface area (Å²) in [5, 5.41) is 8.88. The molecule has 1 N–H and O–H groups in total. The predicted octanol–water partition coefficient (Wildman–Crippen LogP) is 4.55. The molecule has 28 heavy (non-hydrogen) atoms. The second kappa shape index (κ2) is 9.89. The van der Waals surface area contributed by atoms with Gasteiger partial charge in [-0.05, 0) is 18.6 Å². The van der Waals surface area contributed by atoms with Gasteiger partial charge in [-0.3, -0.25) is 0 Å². The van der Waals surface area contributed by atoms with Gasteiger partial charge in [0.05, 0.1) is 37.0 Å². The average Bonchev–Trinajstić information content (AvgIpc) is 3.18. The van der Waals surface area contributed by atoms with Gasteiger partial charge < -0.3 is 14.4 Å². The molecule has 0 aliphatic heterocycles. The Morgan fingerprint density at radius 2 is 1.82 bits per heavy atom. The lowest BCUT2D eigenvalue weighted by molar-refractivity contribution is 0.154. The van der Waals surface area contributed by atoms with E-state index in [9.17, 15) is 0 Å². The zero-order chi connectivity index (χ0) is 19.8. The molecule has 1 aromatic heterocycles. The summed E-state index contributed by atoms with van der Waals surface area (Å²) in [6, 6.07) is 18.7. The Kier molecular flexibility index (Phi) is 7.02. The minimum absolute atomic E-state index is 0.0859. The van der Waals surface area contributed by atoms with Crippen LogP contribution in [0.3, 0.4) is 0 Å². The molecule has 4 heteroatoms. The Morgan fingerprint density at radius 1 is 1.07 bits per heavy atom. The summed E-state index contributed by atoms with van der Waals surface area (Å²) in [5.41, 5.74) is 5.18. The van der Waals surface area contributed by atoms with Crippen LogP contribution in [0, 0.1) is 11.8 Å². The van der Waals surface area contributed by atoms with Crippen LogP contribution in [0.4, 0.5) is 0 Å². The summed E-state index contributed by atoms with van der Waals surface area (Å²) in [6.45, 7) is 2.89. The van der Waals surface area contributed by atoms with Crippen molar-refractivity contribution in [2.75, 3.05) is 20.3 Å². The van der Waals surface area contributed by atoms with Gasteiger partial charge in [-0.2, -0.15) is 0 Å². The van der Waals surface area contributed by atoms with E-state index in [2.05, 4.69) is 47.6 Å². The van der Waals surface area contributed by atoms with Crippen molar-refractivity contribution in [3.63, 3.8) is 0 Å². The van der Waals surface area contributed by atoms with E-state index in [4.69, 9.17) is 14.8 Å². The molecule has 0 fully saturated rings. The molecule has 3 rings (SSSR count). The molecule has 4 nitrogen and oxygen atoms in total. The quantitative estimate of drug-likeness (QED) is 0.617. The molecule has 0 aliphatic rings. The van der Waals surface area contributed by atoms with E-state index in [1.54, 1.807) is 7.11 Å². The Balaban J connectivity index is 2.06. The SMILES string of the molecule is CCC(COC)n1cnc(-c2ccccc2)c1-c1ccc(C#CCCO)cc1. The van der Waals surface area contributed by atoms with Gasteiger partial charge in [0.2, 0.25) is 0 Å². The highest BCUT2D eigenvalue weighted by atomic mass is 16.5. The Bertz CT molecular complexity index is 934. The topological polar surface area (TPSA) is 47.3 Å². The van der Waals surface area contributed by atoms with Crippen LogP contribution in [-0.2, 0) is 4.74 Å². The van der Waals surface area contributed by atoms with Gasteiger partial charge >= 0.3 is 0 Å². The number of rotatable bonds is 7. The molecule has 0 saturated heterocycles. The Labute approximate surface area is 166 Å². The maximum Gasteiger partial charge on any atom is 0.0963 e. The fourth-order valence-electron chi connectivity index (χ4n) is 3.25. The fraction of sp³-hybridized carbons (Fsp3) is 0.292. The number of aliphatic hydroxyl groups is 1. The van der Waals surface area contributed by atoms with Crippen molar-refractivity contribution in [3.05, 3.63) is 66.5 Å². The van der Waals surface area contributed by atoms with Gasteiger partial charge in [-0.25, -0.2) is 4.98 Å². The summed E-state index contributed by atoms with van der Waals surface area (Å²) in [4.78, 5) is 4.75. The summed E-state index contributed by atoms with van der Waals surface area (Å²) in [5.74, 6) is 6.05. The number of nitrogens with zero attached hydrogens (tertiary/aromatic N) is 2. The van der Waals surface area contributed by atoms with E-state index in [-0.39, 0.29) is 12.6 Å². The minimum Gasteiger partial charge on any atom is -0.395 e. The zero-order valence-electron chi connectivity index (χ0n) is 16.4. The number of methoxy groups -OCH3 is 1. The van der Waals surface area contributed by atoms with Gasteiger partial charge in [-0.1, -0.05) is 61.2 Å². The van der Waals surface area contributed by atoms with Crippen LogP contribution in [0.1, 0.15) is 31.4 Å². The molecule has 1 heterocycles. The van der Waals surface area contributed by atoms with E-state index in [0.29, 0.717) is 13.0 Å². The van der Waals surface area contributed by atoms with Crippen molar-refractivity contribution in [2.24, 2.45) is 0 Å². The number of hydrogen-bond acceptors (Lipinski definition) is 3. The largest absolute Gasteiger partial charge is 0.395 e. The first kappa shape index (κ1) is 19.9. The van der Waals surface area contributed by atoms with Crippen LogP contribution in [-0.4, -0.2) is 35.0 Å². The van der Waals surface area contributed by atoms with Crippen LogP contribution in [0.25, 0.3) is 22.5 Å². The molecular formula is C24H26N2O2. The first-order chi connectivity index (χ1) is 13.8. The number of aliphatic hydroxyl groups excluding tert-OH is 1. The molecule has 0 saturated carbocycles. The normalized spacial score (nSPS) is 11.7. The molecule has 0 aliphatic carbocycles. The number of hydrogen-bond donors (Lipinski definition) is 1. The van der Waals surface area contributed by atoms with Crippen molar-refractivity contribution in [3.8, 4) is 34.4 Å². The number of imidazole rings is 1. The molecule has 0 spiro atoms. The highest BCUT2D eigenvalue weighted by Gasteiger charge is 2.19. The second-order valence-corrected chi connectivity index (χ2v) is 6.59. The minimum atomic E-state index is 0.0859. The number of aromatic nitrogens is 2. The fourth-order valence-corrected chi connectivity index (χ4v) is 3.25. The van der Waals surface area contributed by atoms with Gasteiger partial charge in [0.25, 0.3) is 0 Å². The van der Waals surface area contributed by atoms with E-state index in [1.807, 2.05) is 36.7 Å². The molecule has 144 valence electrons. The average molecular weight is 374 g/mol. The van der Waals surface area contributed by atoms with Gasteiger partial charge in [0, 0.05) is 30.2 Å². The molecule has 1 atom stereocenters. The molecular weight excluding hydrogens is 348 g/mol. The monoisotopic (exact) mass is 374 g/mol. The third-order valence-corrected chi connectivity index (χ3v) is 4.69. The van der Waals surface area contributed by atoms with E-state index in [1.165, 1.54) is 0 Å². The second-order valence-electron chi connectivity index (χ2n) is 6.59. The van der Waals surface area contributed by atoms with E-state index >= 15 is 0 Å². The summed E-state index contributed by atoms with van der Waals surface area (Å²) in [6.07, 6.45) is 3.36. The Hall–Kier alpha value is -2.87. The molecule has 2 aromatic carbocycles. The number of ether oxygens (including phenoxy) is 1. The first-order valence-corrected chi connectivity index (χ1v) is 9.59. The highest BCUT2D eigenvalue weighted by Crippen LogP contribution is 2.34. The predicted molar refractivity (Wildman–Crippen MR) is 113 cm³/mol. The van der Waals surface area contributed by atoms with Crippen LogP contribution >= 0.6 is 0 Å². The van der Waals surface area contributed by atoms with Crippen LogP contribution in [0.15, 0.2) is 60.9 Å². The smallest absolute Gasteiger partial charge is 0.0963 e. The third kappa shape index (κ3) is 4.51. The summed E-state index contributed by atoms with van der Waals surface area (Å²) >= 11 is 0. The van der Waals surface area contributed by atoms with Crippen molar-refractivity contribution >= 4 is 0 Å². The third-order valence-electron chi connectivity index (χ3n) is 4.69. The summed E-state index contributed by atoms with van der Waals surface area (Å²) in [7, 11) is 1.73. The van der Waals surface area contributed by atoms with Gasteiger partial charge in [0.1, 0.15) is 0 Å². The highest BCUT2D eigenvalue weighted by molar-refractivity contribution is 5.79. The van der Waals surface area contributed by atoms with Crippen LogP contribution < -0.4 is 0 Å². The van der Waals surface area contributed by atoms with Crippen LogP contribution in [0.5, 0.6) is 0 Å². The lowest BCUT2D eigenvalue weighted by atomic mass is 10.0. The molecule has 0 amide bonds. The van der Waals surface area contributed by atoms with Crippen molar-refractivity contribution in [1.29, 1.82) is 0 Å². The molecule has 0 radical (unpaired) electrons. The lowest BCUT2D eigenvalue weighted by Gasteiger charge is -2.19. The number of benzene rings is 2. The zero-order valence-corrected chi connectivity index (χ0v) is 16.4. The van der Waals surface area contributed by atoms with Gasteiger partial charge in [-0.15, -0.1) is 0 Å². The molecule has 0 bridgehead atoms. The lowest BCUT2D eigenvalue weighted by Crippen LogP contribution is -2.14. The first-order valence-electron chi connectivity index (χ1n) is 9.59. The van der Waals surface area contributed by atoms with Crippen molar-refractivity contribution < 1.29 is 9.84 Å². The Morgan fingerprint density at radius 3 is 2.46 bits per heavy atom. The standard InChI is InChI=1S/C24H26N2O2/c1-3-22(17-28-2)26-18-25-23(20-10-5-4-6-11-20)24(26)21-14-12-19(13-15-21)9-7-8-16-27/h4-6,10-15,18,22,27H,3,8,16-17H2,1-2H3.